The molecule has 0 saturated heterocycles. The van der Waals surface area contributed by atoms with Crippen molar-refractivity contribution in [1.29, 1.82) is 0 Å². The van der Waals surface area contributed by atoms with Crippen LogP contribution in [-0.2, 0) is 4.79 Å². The molecule has 0 fully saturated rings. The Balaban J connectivity index is 2.31. The fourth-order valence-corrected chi connectivity index (χ4v) is 2.35. The molecule has 1 N–H and O–H groups in total. The first-order chi connectivity index (χ1) is 6.24. The highest BCUT2D eigenvalue weighted by Gasteiger charge is 2.15. The molecular weight excluding hydrogens is 204 g/mol. The van der Waals surface area contributed by atoms with Crippen molar-refractivity contribution in [2.45, 2.75) is 6.92 Å². The lowest BCUT2D eigenvalue weighted by atomic mass is 10.2. The van der Waals surface area contributed by atoms with Crippen LogP contribution in [0.5, 0.6) is 0 Å². The second kappa shape index (κ2) is 5.54. The van der Waals surface area contributed by atoms with Gasteiger partial charge in [-0.3, -0.25) is 9.79 Å². The zero-order valence-electron chi connectivity index (χ0n) is 7.87. The van der Waals surface area contributed by atoms with Crippen molar-refractivity contribution in [3.8, 4) is 0 Å². The highest BCUT2D eigenvalue weighted by molar-refractivity contribution is 8.14. The fraction of sp³-hybridized carbons (Fsp3) is 0.750. The summed E-state index contributed by atoms with van der Waals surface area (Å²) in [5.74, 6) is 2.01. The maximum absolute atomic E-state index is 11.5. The number of amidine groups is 1. The number of rotatable bonds is 3. The van der Waals surface area contributed by atoms with E-state index in [0.717, 1.165) is 23.2 Å². The van der Waals surface area contributed by atoms with Crippen molar-refractivity contribution in [2.24, 2.45) is 10.9 Å². The van der Waals surface area contributed by atoms with Gasteiger partial charge in [-0.25, -0.2) is 0 Å². The van der Waals surface area contributed by atoms with E-state index in [9.17, 15) is 4.79 Å². The van der Waals surface area contributed by atoms with Gasteiger partial charge in [0.15, 0.2) is 5.17 Å². The lowest BCUT2D eigenvalue weighted by Gasteiger charge is -2.09. The van der Waals surface area contributed by atoms with E-state index in [4.69, 9.17) is 0 Å². The second-order valence-electron chi connectivity index (χ2n) is 2.88. The van der Waals surface area contributed by atoms with Crippen LogP contribution in [0.15, 0.2) is 4.99 Å². The quantitative estimate of drug-likeness (QED) is 0.774. The number of carbonyl (C=O) groups excluding carboxylic acids is 1. The molecule has 1 aliphatic rings. The normalized spacial score (nSPS) is 18.2. The Morgan fingerprint density at radius 3 is 3.15 bits per heavy atom. The van der Waals surface area contributed by atoms with E-state index in [1.807, 2.05) is 13.2 Å². The lowest BCUT2D eigenvalue weighted by molar-refractivity contribution is -0.122. The van der Waals surface area contributed by atoms with Crippen molar-refractivity contribution in [2.75, 3.05) is 24.3 Å². The number of thioether (sulfide) groups is 2. The van der Waals surface area contributed by atoms with Gasteiger partial charge in [0.2, 0.25) is 5.91 Å². The van der Waals surface area contributed by atoms with Gasteiger partial charge >= 0.3 is 0 Å². The topological polar surface area (TPSA) is 41.5 Å². The summed E-state index contributed by atoms with van der Waals surface area (Å²) < 4.78 is 0. The predicted octanol–water partition coefficient (Wildman–Crippen LogP) is 1.20. The van der Waals surface area contributed by atoms with Crippen LogP contribution in [0.25, 0.3) is 0 Å². The smallest absolute Gasteiger partial charge is 0.229 e. The Kier molecular flexibility index (Phi) is 4.66. The molecule has 1 rings (SSSR count). The van der Waals surface area contributed by atoms with Crippen LogP contribution in [0.1, 0.15) is 6.92 Å². The number of amides is 1. The summed E-state index contributed by atoms with van der Waals surface area (Å²) in [6.07, 6.45) is 2.01. The van der Waals surface area contributed by atoms with Gasteiger partial charge in [0, 0.05) is 17.4 Å². The minimum Gasteiger partial charge on any atom is -0.305 e. The number of hydrogen-bond acceptors (Lipinski definition) is 4. The van der Waals surface area contributed by atoms with Crippen LogP contribution in [0.3, 0.4) is 0 Å². The molecule has 1 aliphatic heterocycles. The monoisotopic (exact) mass is 218 g/mol. The number of hydrogen-bond donors (Lipinski definition) is 1. The predicted molar refractivity (Wildman–Crippen MR) is 60.4 cm³/mol. The third-order valence-corrected chi connectivity index (χ3v) is 3.40. The molecule has 1 unspecified atom stereocenters. The molecule has 1 atom stereocenters. The lowest BCUT2D eigenvalue weighted by Crippen LogP contribution is -2.33. The summed E-state index contributed by atoms with van der Waals surface area (Å²) in [6, 6.07) is 0. The van der Waals surface area contributed by atoms with Gasteiger partial charge in [0.1, 0.15) is 0 Å². The largest absolute Gasteiger partial charge is 0.305 e. The molecule has 1 amide bonds. The molecule has 0 aromatic carbocycles. The minimum absolute atomic E-state index is 0.0684. The number of nitrogens with zero attached hydrogens (tertiary/aromatic N) is 1. The van der Waals surface area contributed by atoms with Crippen molar-refractivity contribution in [3.63, 3.8) is 0 Å². The van der Waals surface area contributed by atoms with Crippen LogP contribution in [0, 0.1) is 5.92 Å². The van der Waals surface area contributed by atoms with E-state index in [1.165, 1.54) is 0 Å². The maximum Gasteiger partial charge on any atom is 0.229 e. The Labute approximate surface area is 87.1 Å². The van der Waals surface area contributed by atoms with Gasteiger partial charge < -0.3 is 5.32 Å². The van der Waals surface area contributed by atoms with Crippen LogP contribution in [0.4, 0.5) is 0 Å². The van der Waals surface area contributed by atoms with Gasteiger partial charge in [0.05, 0.1) is 6.54 Å². The zero-order valence-corrected chi connectivity index (χ0v) is 9.50. The fourth-order valence-electron chi connectivity index (χ4n) is 0.965. The molecule has 0 bridgehead atoms. The van der Waals surface area contributed by atoms with E-state index in [1.54, 1.807) is 23.5 Å². The summed E-state index contributed by atoms with van der Waals surface area (Å²) >= 11 is 3.31. The Morgan fingerprint density at radius 2 is 2.62 bits per heavy atom. The molecule has 0 spiro atoms. The molecule has 0 aromatic heterocycles. The van der Waals surface area contributed by atoms with E-state index in [0.29, 0.717) is 0 Å². The molecule has 1 heterocycles. The zero-order chi connectivity index (χ0) is 9.68. The van der Waals surface area contributed by atoms with Crippen LogP contribution in [-0.4, -0.2) is 35.4 Å². The third kappa shape index (κ3) is 3.60. The van der Waals surface area contributed by atoms with Crippen LogP contribution in [0.2, 0.25) is 0 Å². The van der Waals surface area contributed by atoms with Crippen molar-refractivity contribution in [1.82, 2.24) is 5.32 Å². The van der Waals surface area contributed by atoms with Crippen LogP contribution < -0.4 is 5.32 Å². The highest BCUT2D eigenvalue weighted by Crippen LogP contribution is 2.10. The van der Waals surface area contributed by atoms with Gasteiger partial charge in [-0.2, -0.15) is 11.8 Å². The Hall–Kier alpha value is -0.160. The summed E-state index contributed by atoms with van der Waals surface area (Å²) in [6.45, 7) is 2.77. The Bertz CT molecular complexity index is 218. The standard InChI is InChI=1S/C8H14N2OS2/c1-6(5-12-2)7(11)10-8-9-3-4-13-8/h6H,3-5H2,1-2H3,(H,9,10,11). The number of carbonyl (C=O) groups is 1. The van der Waals surface area contributed by atoms with Gasteiger partial charge in [-0.15, -0.1) is 0 Å². The molecule has 74 valence electrons. The van der Waals surface area contributed by atoms with Crippen molar-refractivity contribution in [3.05, 3.63) is 0 Å². The Morgan fingerprint density at radius 1 is 1.85 bits per heavy atom. The van der Waals surface area contributed by atoms with Gasteiger partial charge in [-0.1, -0.05) is 18.7 Å². The highest BCUT2D eigenvalue weighted by atomic mass is 32.2. The maximum atomic E-state index is 11.5. The third-order valence-electron chi connectivity index (χ3n) is 1.68. The summed E-state index contributed by atoms with van der Waals surface area (Å²) in [7, 11) is 0. The van der Waals surface area contributed by atoms with Crippen molar-refractivity contribution < 1.29 is 4.79 Å². The van der Waals surface area contributed by atoms with E-state index in [2.05, 4.69) is 10.3 Å². The van der Waals surface area contributed by atoms with Gasteiger partial charge in [0.25, 0.3) is 0 Å². The SMILES string of the molecule is CSCC(C)C(=O)NC1=NCCS1. The van der Waals surface area contributed by atoms with Gasteiger partial charge in [-0.05, 0) is 6.26 Å². The summed E-state index contributed by atoms with van der Waals surface area (Å²) in [4.78, 5) is 15.6. The molecule has 5 heteroatoms. The van der Waals surface area contributed by atoms with E-state index >= 15 is 0 Å². The molecule has 0 saturated carbocycles. The number of nitrogens with one attached hydrogen (secondary N) is 1. The first-order valence-electron chi connectivity index (χ1n) is 4.21. The average molecular weight is 218 g/mol. The molecule has 0 radical (unpaired) electrons. The minimum atomic E-state index is 0.0684. The molecule has 13 heavy (non-hydrogen) atoms. The van der Waals surface area contributed by atoms with E-state index in [-0.39, 0.29) is 11.8 Å². The molecule has 3 nitrogen and oxygen atoms in total. The number of aliphatic imine (C=N–C) groups is 1. The van der Waals surface area contributed by atoms with Crippen molar-refractivity contribution >= 4 is 34.6 Å². The molecule has 0 aromatic rings. The van der Waals surface area contributed by atoms with Crippen LogP contribution >= 0.6 is 23.5 Å². The summed E-state index contributed by atoms with van der Waals surface area (Å²) in [5.41, 5.74) is 0. The second-order valence-corrected chi connectivity index (χ2v) is 4.88. The first kappa shape index (κ1) is 10.9. The average Bonchev–Trinajstić information content (AvgIpc) is 2.57. The van der Waals surface area contributed by atoms with E-state index < -0.39 is 0 Å². The molecular formula is C8H14N2OS2. The first-order valence-corrected chi connectivity index (χ1v) is 6.59. The molecule has 0 aliphatic carbocycles. The summed E-state index contributed by atoms with van der Waals surface area (Å²) in [5, 5.41) is 3.61.